The van der Waals surface area contributed by atoms with Gasteiger partial charge >= 0.3 is 0 Å². The van der Waals surface area contributed by atoms with E-state index in [0.29, 0.717) is 20.9 Å². The predicted molar refractivity (Wildman–Crippen MR) is 255 cm³/mol. The Kier molecular flexibility index (Phi) is 17.8. The Labute approximate surface area is 368 Å². The summed E-state index contributed by atoms with van der Waals surface area (Å²) in [5, 5.41) is 6.66. The number of nitrogens with zero attached hydrogens (tertiary/aromatic N) is 6. The van der Waals surface area contributed by atoms with Crippen LogP contribution in [-0.4, -0.2) is 116 Å². The molecule has 15 heteroatoms. The second-order valence-corrected chi connectivity index (χ2v) is 17.1. The molecule has 5 aromatic rings. The number of hydrogen-bond acceptors (Lipinski definition) is 14. The largest absolute Gasteiger partial charge is 0.382 e. The summed E-state index contributed by atoms with van der Waals surface area (Å²) in [6.07, 6.45) is 3.99. The maximum Gasteiger partial charge on any atom is 0.206 e. The first-order valence-electron chi connectivity index (χ1n) is 18.7. The van der Waals surface area contributed by atoms with E-state index in [1.807, 2.05) is 85.3 Å². The van der Waals surface area contributed by atoms with Gasteiger partial charge in [-0.05, 0) is 112 Å². The number of thioether (sulfide) groups is 2. The Hall–Kier alpha value is -4.05. The summed E-state index contributed by atoms with van der Waals surface area (Å²) in [7, 11) is 4.32. The van der Waals surface area contributed by atoms with Gasteiger partial charge in [-0.3, -0.25) is 9.59 Å². The lowest BCUT2D eigenvalue weighted by Gasteiger charge is -2.34. The number of piperazine rings is 2. The molecule has 10 nitrogen and oxygen atoms in total. The molecule has 0 radical (unpaired) electrons. The SMILES string of the molecule is CN1CCN(c2ccc(N=C=S)cc2)CC1.CSc1cccc(C(=O)CBr)c1.CSc1cccc(C(=O)c2sc(Nc3ccc(N4CCN(C)CC4)cc3)nc2N)c1. The Balaban J connectivity index is 0.000000191. The third-order valence-electron chi connectivity index (χ3n) is 9.58. The molecule has 0 aliphatic carbocycles. The highest BCUT2D eigenvalue weighted by Gasteiger charge is 2.19. The van der Waals surface area contributed by atoms with Gasteiger partial charge in [-0.25, -0.2) is 4.98 Å². The minimum absolute atomic E-state index is 0.0978. The van der Waals surface area contributed by atoms with Crippen molar-refractivity contribution in [3.05, 3.63) is 113 Å². The van der Waals surface area contributed by atoms with E-state index in [-0.39, 0.29) is 17.4 Å². The Morgan fingerprint density at radius 2 is 1.29 bits per heavy atom. The highest BCUT2D eigenvalue weighted by Crippen LogP contribution is 2.31. The van der Waals surface area contributed by atoms with Crippen molar-refractivity contribution in [2.45, 2.75) is 9.79 Å². The van der Waals surface area contributed by atoms with E-state index in [0.717, 1.165) is 79.1 Å². The van der Waals surface area contributed by atoms with Gasteiger partial charge in [-0.1, -0.05) is 51.5 Å². The molecule has 0 unspecified atom stereocenters. The van der Waals surface area contributed by atoms with Crippen LogP contribution in [0.4, 0.5) is 33.7 Å². The van der Waals surface area contributed by atoms with E-state index in [9.17, 15) is 9.59 Å². The summed E-state index contributed by atoms with van der Waals surface area (Å²) < 4.78 is 0. The summed E-state index contributed by atoms with van der Waals surface area (Å²) in [5.74, 6) is 0.293. The smallest absolute Gasteiger partial charge is 0.206 e. The number of aromatic nitrogens is 1. The quantitative estimate of drug-likeness (QED) is 0.0434. The van der Waals surface area contributed by atoms with Gasteiger partial charge in [0.05, 0.1) is 16.2 Å². The number of isothiocyanates is 1. The number of aliphatic imine (C=N–C) groups is 1. The second kappa shape index (κ2) is 22.9. The zero-order chi connectivity index (χ0) is 41.4. The monoisotopic (exact) mass is 916 g/mol. The first kappa shape index (κ1) is 45.0. The third kappa shape index (κ3) is 13.2. The number of benzene rings is 4. The van der Waals surface area contributed by atoms with E-state index in [4.69, 9.17) is 5.73 Å². The van der Waals surface area contributed by atoms with Crippen molar-refractivity contribution in [3.8, 4) is 0 Å². The van der Waals surface area contributed by atoms with Crippen molar-refractivity contribution in [1.82, 2.24) is 14.8 Å². The third-order valence-corrected chi connectivity index (χ3v) is 12.6. The summed E-state index contributed by atoms with van der Waals surface area (Å²) in [5.41, 5.74) is 11.7. The number of halogens is 1. The van der Waals surface area contributed by atoms with E-state index in [1.165, 1.54) is 22.7 Å². The number of ketones is 2. The van der Waals surface area contributed by atoms with E-state index >= 15 is 0 Å². The molecule has 4 aromatic carbocycles. The Morgan fingerprint density at radius 1 is 0.793 bits per heavy atom. The lowest BCUT2D eigenvalue weighted by Crippen LogP contribution is -2.44. The number of rotatable bonds is 11. The number of hydrogen-bond donors (Lipinski definition) is 2. The molecule has 2 fully saturated rings. The number of nitrogens with two attached hydrogens (primary N) is 1. The van der Waals surface area contributed by atoms with Crippen molar-refractivity contribution in [2.75, 3.05) is 105 Å². The average molecular weight is 918 g/mol. The summed E-state index contributed by atoms with van der Waals surface area (Å²) in [6.45, 7) is 8.66. The Morgan fingerprint density at radius 3 is 1.79 bits per heavy atom. The number of carbonyl (C=O) groups excluding carboxylic acids is 2. The Bertz CT molecular complexity index is 2150. The average Bonchev–Trinajstić information content (AvgIpc) is 3.63. The van der Waals surface area contributed by atoms with Crippen molar-refractivity contribution < 1.29 is 9.59 Å². The molecule has 0 amide bonds. The van der Waals surface area contributed by atoms with E-state index in [2.05, 4.69) is 107 Å². The van der Waals surface area contributed by atoms with Crippen LogP contribution in [0.2, 0.25) is 0 Å². The predicted octanol–water partition coefficient (Wildman–Crippen LogP) is 9.33. The van der Waals surface area contributed by atoms with Crippen molar-refractivity contribution in [2.24, 2.45) is 4.99 Å². The molecule has 3 heterocycles. The van der Waals surface area contributed by atoms with Crippen LogP contribution >= 0.6 is 63.0 Å². The highest BCUT2D eigenvalue weighted by molar-refractivity contribution is 9.09. The van der Waals surface area contributed by atoms with Crippen LogP contribution in [-0.2, 0) is 0 Å². The minimum atomic E-state index is -0.0978. The summed E-state index contributed by atoms with van der Waals surface area (Å²) in [6, 6.07) is 31.7. The molecule has 2 saturated heterocycles. The molecule has 0 atom stereocenters. The fraction of sp³-hybridized carbons (Fsp3) is 0.302. The molecule has 0 bridgehead atoms. The van der Waals surface area contributed by atoms with Crippen LogP contribution in [0.1, 0.15) is 25.6 Å². The molecule has 1 aromatic heterocycles. The molecule has 58 heavy (non-hydrogen) atoms. The van der Waals surface area contributed by atoms with Gasteiger partial charge in [0.1, 0.15) is 10.7 Å². The van der Waals surface area contributed by atoms with Gasteiger partial charge < -0.3 is 30.7 Å². The van der Waals surface area contributed by atoms with Gasteiger partial charge in [0.2, 0.25) is 5.78 Å². The lowest BCUT2D eigenvalue weighted by molar-refractivity contribution is 0.102. The fourth-order valence-electron chi connectivity index (χ4n) is 6.12. The maximum absolute atomic E-state index is 12.9. The zero-order valence-electron chi connectivity index (χ0n) is 33.2. The van der Waals surface area contributed by atoms with Crippen molar-refractivity contribution in [3.63, 3.8) is 0 Å². The first-order chi connectivity index (χ1) is 28.1. The summed E-state index contributed by atoms with van der Waals surface area (Å²) >= 11 is 12.2. The molecule has 3 N–H and O–H groups in total. The number of Topliss-reactive ketones (excluding diaryl/α,β-unsaturated/α-hetero) is 1. The molecule has 2 aliphatic rings. The maximum atomic E-state index is 12.9. The standard InChI is InChI=1S/C22H25N5OS2.C12H15N3S.C9H9BrOS/c1-26-10-12-27(13-11-26)17-8-6-16(7-9-17)24-22-25-21(23)20(30-22)19(28)15-4-3-5-18(14-15)29-2;1-14-6-8-15(9-7-14)12-4-2-11(3-5-12)13-10-16;1-12-8-4-2-3-7(5-8)9(11)6-10/h3-9,14H,10-13,23H2,1-2H3,(H,24,25);2-5H,6-9H2,1H3;2-5H,6H2,1H3. The van der Waals surface area contributed by atoms with Crippen LogP contribution in [0.5, 0.6) is 0 Å². The van der Waals surface area contributed by atoms with Gasteiger partial charge in [-0.15, -0.1) is 23.5 Å². The molecule has 2 aliphatic heterocycles. The van der Waals surface area contributed by atoms with Crippen LogP contribution in [0, 0.1) is 0 Å². The number of alkyl halides is 1. The normalized spacial score (nSPS) is 14.3. The second-order valence-electron chi connectivity index (χ2n) is 13.6. The molecule has 0 saturated carbocycles. The van der Waals surface area contributed by atoms with E-state index in [1.54, 1.807) is 23.5 Å². The number of nitrogens with one attached hydrogen (secondary N) is 1. The first-order valence-corrected chi connectivity index (χ1v) is 23.5. The number of thiazole rings is 1. The van der Waals surface area contributed by atoms with Gasteiger partial charge in [0, 0.05) is 90.3 Å². The zero-order valence-corrected chi connectivity index (χ0v) is 38.0. The van der Waals surface area contributed by atoms with Crippen LogP contribution in [0.25, 0.3) is 0 Å². The number of anilines is 5. The molecule has 304 valence electrons. The van der Waals surface area contributed by atoms with Gasteiger partial charge in [0.25, 0.3) is 0 Å². The van der Waals surface area contributed by atoms with E-state index < -0.39 is 0 Å². The number of likely N-dealkylation sites (N-methyl/N-ethyl adjacent to an activating group) is 2. The summed E-state index contributed by atoms with van der Waals surface area (Å²) in [4.78, 5) is 44.5. The van der Waals surface area contributed by atoms with Crippen LogP contribution in [0.3, 0.4) is 0 Å². The topological polar surface area (TPSA) is 110 Å². The molecular weight excluding hydrogens is 869 g/mol. The van der Waals surface area contributed by atoms with Gasteiger partial charge in [0.15, 0.2) is 10.9 Å². The fourth-order valence-corrected chi connectivity index (χ4v) is 8.33. The minimum Gasteiger partial charge on any atom is -0.382 e. The number of thiocarbonyl (C=S) groups is 1. The molecule has 7 rings (SSSR count). The molecule has 0 spiro atoms. The number of nitrogen functional groups attached to an aromatic ring is 1. The molecular formula is C43H49BrN8O2S4. The van der Waals surface area contributed by atoms with Crippen molar-refractivity contribution >= 4 is 113 Å². The van der Waals surface area contributed by atoms with Gasteiger partial charge in [-0.2, -0.15) is 4.99 Å². The van der Waals surface area contributed by atoms with Crippen molar-refractivity contribution in [1.29, 1.82) is 0 Å². The van der Waals surface area contributed by atoms with Crippen LogP contribution < -0.4 is 20.9 Å². The lowest BCUT2D eigenvalue weighted by atomic mass is 10.1. The van der Waals surface area contributed by atoms with Crippen LogP contribution in [0.15, 0.2) is 112 Å². The highest BCUT2D eigenvalue weighted by atomic mass is 79.9. The number of carbonyl (C=O) groups is 2.